The first-order valence-electron chi connectivity index (χ1n) is 5.55. The molecule has 1 aliphatic heterocycles. The second-order valence-corrected chi connectivity index (χ2v) is 4.91. The maximum atomic E-state index is 11.7. The molecule has 1 atom stereocenters. The molecular formula is C12H15BrN2O. The number of amides is 1. The fraction of sp³-hybridized carbons (Fsp3) is 0.417. The van der Waals surface area contributed by atoms with Crippen LogP contribution in [-0.4, -0.2) is 18.5 Å². The van der Waals surface area contributed by atoms with Crippen LogP contribution in [-0.2, 0) is 4.79 Å². The van der Waals surface area contributed by atoms with Crippen LogP contribution in [0.4, 0.5) is 5.69 Å². The number of nitrogens with one attached hydrogen (secondary N) is 2. The molecule has 1 saturated heterocycles. The van der Waals surface area contributed by atoms with Gasteiger partial charge in [-0.2, -0.15) is 0 Å². The Balaban J connectivity index is 2.02. The van der Waals surface area contributed by atoms with Crippen molar-refractivity contribution in [2.75, 3.05) is 11.9 Å². The van der Waals surface area contributed by atoms with Gasteiger partial charge in [0.15, 0.2) is 0 Å². The first-order chi connectivity index (χ1) is 7.75. The molecule has 0 radical (unpaired) electrons. The Hall–Kier alpha value is -1.03. The van der Waals surface area contributed by atoms with Crippen LogP contribution < -0.4 is 10.6 Å². The van der Waals surface area contributed by atoms with Gasteiger partial charge in [-0.1, -0.05) is 15.9 Å². The highest BCUT2D eigenvalue weighted by atomic mass is 79.9. The average Bonchev–Trinajstić information content (AvgIpc) is 2.48. The van der Waals surface area contributed by atoms with E-state index in [9.17, 15) is 4.79 Å². The van der Waals surface area contributed by atoms with Crippen LogP contribution in [0.5, 0.6) is 0 Å². The van der Waals surface area contributed by atoms with E-state index in [1.165, 1.54) is 0 Å². The molecule has 0 spiro atoms. The van der Waals surface area contributed by atoms with Gasteiger partial charge >= 0.3 is 0 Å². The fourth-order valence-electron chi connectivity index (χ4n) is 1.82. The number of carbonyl (C=O) groups is 1. The molecule has 0 bridgehead atoms. The smallest absolute Gasteiger partial charge is 0.242 e. The van der Waals surface area contributed by atoms with Crippen molar-refractivity contribution in [2.45, 2.75) is 25.3 Å². The molecule has 1 unspecified atom stereocenters. The quantitative estimate of drug-likeness (QED) is 0.875. The summed E-state index contributed by atoms with van der Waals surface area (Å²) in [6.07, 6.45) is 3.07. The van der Waals surface area contributed by atoms with Gasteiger partial charge in [-0.25, -0.2) is 0 Å². The molecule has 2 rings (SSSR count). The van der Waals surface area contributed by atoms with Crippen molar-refractivity contribution >= 4 is 27.5 Å². The molecule has 1 aromatic carbocycles. The summed E-state index contributed by atoms with van der Waals surface area (Å²) < 4.78 is 1.04. The van der Waals surface area contributed by atoms with Crippen molar-refractivity contribution < 1.29 is 4.79 Å². The first-order valence-corrected chi connectivity index (χ1v) is 6.35. The minimum Gasteiger partial charge on any atom is -0.374 e. The Bertz CT molecular complexity index is 364. The molecule has 3 nitrogen and oxygen atoms in total. The lowest BCUT2D eigenvalue weighted by Gasteiger charge is -2.16. The molecule has 0 aliphatic carbocycles. The highest BCUT2D eigenvalue weighted by Gasteiger charge is 2.19. The van der Waals surface area contributed by atoms with E-state index in [-0.39, 0.29) is 11.9 Å². The maximum absolute atomic E-state index is 11.7. The summed E-state index contributed by atoms with van der Waals surface area (Å²) in [4.78, 5) is 11.7. The summed E-state index contributed by atoms with van der Waals surface area (Å²) in [5.41, 5.74) is 0.991. The predicted molar refractivity (Wildman–Crippen MR) is 68.4 cm³/mol. The van der Waals surface area contributed by atoms with Crippen LogP contribution in [0.25, 0.3) is 0 Å². The minimum atomic E-state index is -0.0938. The van der Waals surface area contributed by atoms with Crippen molar-refractivity contribution in [1.29, 1.82) is 0 Å². The summed E-state index contributed by atoms with van der Waals surface area (Å²) in [5.74, 6) is 0.111. The number of halogens is 1. The van der Waals surface area contributed by atoms with Crippen LogP contribution in [0.1, 0.15) is 19.3 Å². The van der Waals surface area contributed by atoms with Crippen molar-refractivity contribution in [3.63, 3.8) is 0 Å². The van der Waals surface area contributed by atoms with Crippen molar-refractivity contribution in [3.05, 3.63) is 28.7 Å². The van der Waals surface area contributed by atoms with Gasteiger partial charge in [-0.05, 0) is 43.5 Å². The van der Waals surface area contributed by atoms with Crippen molar-refractivity contribution in [3.8, 4) is 0 Å². The van der Waals surface area contributed by atoms with Crippen LogP contribution >= 0.6 is 15.9 Å². The monoisotopic (exact) mass is 282 g/mol. The average molecular weight is 283 g/mol. The lowest BCUT2D eigenvalue weighted by molar-refractivity contribution is -0.121. The van der Waals surface area contributed by atoms with Gasteiger partial charge < -0.3 is 10.6 Å². The van der Waals surface area contributed by atoms with E-state index < -0.39 is 0 Å². The maximum Gasteiger partial charge on any atom is 0.242 e. The Kier molecular flexibility index (Phi) is 3.83. The van der Waals surface area contributed by atoms with E-state index in [4.69, 9.17) is 0 Å². The minimum absolute atomic E-state index is 0.0938. The van der Waals surface area contributed by atoms with E-state index in [1.54, 1.807) is 0 Å². The molecule has 4 heteroatoms. The van der Waals surface area contributed by atoms with Gasteiger partial charge in [0, 0.05) is 16.7 Å². The molecule has 2 N–H and O–H groups in total. The Morgan fingerprint density at radius 3 is 2.75 bits per heavy atom. The molecule has 1 aromatic rings. The standard InChI is InChI=1S/C12H15BrN2O/c13-9-4-6-10(7-5-9)15-11-3-1-2-8-14-12(11)16/h4-7,11,15H,1-3,8H2,(H,14,16). The molecule has 16 heavy (non-hydrogen) atoms. The van der Waals surface area contributed by atoms with E-state index in [1.807, 2.05) is 24.3 Å². The van der Waals surface area contributed by atoms with E-state index in [2.05, 4.69) is 26.6 Å². The van der Waals surface area contributed by atoms with Gasteiger partial charge in [0.1, 0.15) is 6.04 Å². The zero-order chi connectivity index (χ0) is 11.4. The number of benzene rings is 1. The molecule has 1 aliphatic rings. The predicted octanol–water partition coefficient (Wildman–Crippen LogP) is 2.53. The summed E-state index contributed by atoms with van der Waals surface area (Å²) in [7, 11) is 0. The zero-order valence-corrected chi connectivity index (χ0v) is 10.6. The Labute approximate surface area is 104 Å². The van der Waals surface area contributed by atoms with Crippen LogP contribution in [0.2, 0.25) is 0 Å². The fourth-order valence-corrected chi connectivity index (χ4v) is 2.09. The third-order valence-corrected chi connectivity index (χ3v) is 3.25. The third-order valence-electron chi connectivity index (χ3n) is 2.72. The second-order valence-electron chi connectivity index (χ2n) is 3.99. The van der Waals surface area contributed by atoms with Crippen LogP contribution in [0.3, 0.4) is 0 Å². The number of hydrogen-bond donors (Lipinski definition) is 2. The number of hydrogen-bond acceptors (Lipinski definition) is 2. The van der Waals surface area contributed by atoms with E-state index in [0.29, 0.717) is 0 Å². The van der Waals surface area contributed by atoms with Gasteiger partial charge in [0.2, 0.25) is 5.91 Å². The molecule has 0 saturated carbocycles. The lowest BCUT2D eigenvalue weighted by atomic mass is 10.1. The van der Waals surface area contributed by atoms with E-state index in [0.717, 1.165) is 36.0 Å². The molecule has 1 heterocycles. The molecule has 86 valence electrons. The lowest BCUT2D eigenvalue weighted by Crippen LogP contribution is -2.37. The first kappa shape index (κ1) is 11.5. The van der Waals surface area contributed by atoms with E-state index >= 15 is 0 Å². The molecule has 0 aromatic heterocycles. The summed E-state index contributed by atoms with van der Waals surface area (Å²) >= 11 is 3.39. The second kappa shape index (κ2) is 5.34. The number of anilines is 1. The molecular weight excluding hydrogens is 268 g/mol. The Morgan fingerprint density at radius 1 is 1.25 bits per heavy atom. The Morgan fingerprint density at radius 2 is 2.00 bits per heavy atom. The van der Waals surface area contributed by atoms with Gasteiger partial charge in [0.25, 0.3) is 0 Å². The largest absolute Gasteiger partial charge is 0.374 e. The van der Waals surface area contributed by atoms with Crippen LogP contribution in [0, 0.1) is 0 Å². The normalized spacial score (nSPS) is 21.1. The zero-order valence-electron chi connectivity index (χ0n) is 9.00. The topological polar surface area (TPSA) is 41.1 Å². The number of rotatable bonds is 2. The molecule has 1 amide bonds. The van der Waals surface area contributed by atoms with Crippen molar-refractivity contribution in [2.24, 2.45) is 0 Å². The SMILES string of the molecule is O=C1NCCCCC1Nc1ccc(Br)cc1. The van der Waals surface area contributed by atoms with Crippen molar-refractivity contribution in [1.82, 2.24) is 5.32 Å². The van der Waals surface area contributed by atoms with Gasteiger partial charge in [0.05, 0.1) is 0 Å². The summed E-state index contributed by atoms with van der Waals surface area (Å²) in [6.45, 7) is 0.803. The van der Waals surface area contributed by atoms with Gasteiger partial charge in [-0.3, -0.25) is 4.79 Å². The number of carbonyl (C=O) groups excluding carboxylic acids is 1. The van der Waals surface area contributed by atoms with Crippen LogP contribution in [0.15, 0.2) is 28.7 Å². The highest BCUT2D eigenvalue weighted by Crippen LogP contribution is 2.17. The summed E-state index contributed by atoms with van der Waals surface area (Å²) in [6, 6.07) is 7.79. The third kappa shape index (κ3) is 2.98. The highest BCUT2D eigenvalue weighted by molar-refractivity contribution is 9.10. The van der Waals surface area contributed by atoms with Gasteiger partial charge in [-0.15, -0.1) is 0 Å². The summed E-state index contributed by atoms with van der Waals surface area (Å²) in [5, 5.41) is 6.18. The molecule has 1 fully saturated rings.